The average Bonchev–Trinajstić information content (AvgIpc) is 2.58. The predicted molar refractivity (Wildman–Crippen MR) is 116 cm³/mol. The van der Waals surface area contributed by atoms with Crippen molar-refractivity contribution in [3.05, 3.63) is 0 Å². The molecule has 0 aliphatic rings. The fraction of sp³-hybridized carbons (Fsp3) is 0.750. The summed E-state index contributed by atoms with van der Waals surface area (Å²) in [5.74, 6) is -0.926. The standard InChI is InChI=1S/C20H38N6O5/c1-18(2,3)13(27)21-10-23-16(30)26(12-25-15(29)20(7,8)9)17(31)24-11-22-14(28)19(4,5)6/h10-12H2,1-9H3,(H,21,27)(H,22,28)(H,23,30)(H,24,31)(H,25,29). The summed E-state index contributed by atoms with van der Waals surface area (Å²) in [6.07, 6.45) is 0. The third kappa shape index (κ3) is 10.7. The van der Waals surface area contributed by atoms with Gasteiger partial charge in [0, 0.05) is 16.2 Å². The number of carbonyl (C=O) groups is 5. The molecule has 0 bridgehead atoms. The van der Waals surface area contributed by atoms with Gasteiger partial charge in [-0.05, 0) is 0 Å². The third-order valence-electron chi connectivity index (χ3n) is 3.91. The van der Waals surface area contributed by atoms with Crippen molar-refractivity contribution in [2.75, 3.05) is 20.0 Å². The summed E-state index contributed by atoms with van der Waals surface area (Å²) in [5.41, 5.74) is -2.01. The van der Waals surface area contributed by atoms with Gasteiger partial charge in [0.2, 0.25) is 17.7 Å². The molecular weight excluding hydrogens is 404 g/mol. The number of hydrogen-bond donors (Lipinski definition) is 5. The molecule has 0 atom stereocenters. The first kappa shape index (κ1) is 28.1. The molecule has 0 spiro atoms. The molecule has 0 fully saturated rings. The minimum absolute atomic E-state index is 0.202. The second kappa shape index (κ2) is 11.0. The summed E-state index contributed by atoms with van der Waals surface area (Å²) in [5, 5.41) is 12.4. The Kier molecular flexibility index (Phi) is 9.96. The maximum absolute atomic E-state index is 12.5. The molecular formula is C20H38N6O5. The number of nitrogens with one attached hydrogen (secondary N) is 5. The van der Waals surface area contributed by atoms with Crippen LogP contribution in [0.3, 0.4) is 0 Å². The Morgan fingerprint density at radius 3 is 1.10 bits per heavy atom. The lowest BCUT2D eigenvalue weighted by atomic mass is 9.96. The minimum atomic E-state index is -0.830. The lowest BCUT2D eigenvalue weighted by molar-refractivity contribution is -0.129. The SMILES string of the molecule is CC(C)(C)C(=O)NCNC(=O)N(CNC(=O)C(C)(C)C)C(=O)NCNC(=O)C(C)(C)C. The Bertz CT molecular complexity index is 642. The smallest absolute Gasteiger partial charge is 0.328 e. The number of amides is 7. The van der Waals surface area contributed by atoms with Crippen LogP contribution in [0.25, 0.3) is 0 Å². The van der Waals surface area contributed by atoms with Gasteiger partial charge in [0.1, 0.15) is 6.67 Å². The van der Waals surface area contributed by atoms with Gasteiger partial charge in [0.05, 0.1) is 13.3 Å². The fourth-order valence-corrected chi connectivity index (χ4v) is 1.77. The molecule has 0 aromatic heterocycles. The second-order valence-corrected chi connectivity index (χ2v) is 10.2. The molecule has 5 N–H and O–H groups in total. The Balaban J connectivity index is 5.03. The molecule has 0 aliphatic carbocycles. The van der Waals surface area contributed by atoms with Gasteiger partial charge in [0.25, 0.3) is 0 Å². The topological polar surface area (TPSA) is 149 Å². The highest BCUT2D eigenvalue weighted by atomic mass is 16.2. The molecule has 11 heteroatoms. The highest BCUT2D eigenvalue weighted by molar-refractivity contribution is 5.94. The van der Waals surface area contributed by atoms with Crippen LogP contribution in [-0.2, 0) is 14.4 Å². The zero-order valence-electron chi connectivity index (χ0n) is 20.1. The normalized spacial score (nSPS) is 11.8. The van der Waals surface area contributed by atoms with Crippen molar-refractivity contribution in [1.29, 1.82) is 0 Å². The van der Waals surface area contributed by atoms with Crippen LogP contribution >= 0.6 is 0 Å². The predicted octanol–water partition coefficient (Wildman–Crippen LogP) is 1.07. The van der Waals surface area contributed by atoms with Gasteiger partial charge in [-0.3, -0.25) is 14.4 Å². The van der Waals surface area contributed by atoms with Gasteiger partial charge < -0.3 is 26.6 Å². The fourth-order valence-electron chi connectivity index (χ4n) is 1.77. The van der Waals surface area contributed by atoms with Gasteiger partial charge in [-0.25, -0.2) is 14.5 Å². The van der Waals surface area contributed by atoms with E-state index in [-0.39, 0.29) is 31.1 Å². The zero-order valence-corrected chi connectivity index (χ0v) is 20.1. The molecule has 31 heavy (non-hydrogen) atoms. The monoisotopic (exact) mass is 442 g/mol. The van der Waals surface area contributed by atoms with E-state index in [0.717, 1.165) is 4.90 Å². The summed E-state index contributed by atoms with van der Waals surface area (Å²) in [4.78, 5) is 61.7. The summed E-state index contributed by atoms with van der Waals surface area (Å²) in [6, 6.07) is -1.66. The van der Waals surface area contributed by atoms with Crippen LogP contribution in [0.4, 0.5) is 9.59 Å². The molecule has 0 aromatic carbocycles. The summed E-state index contributed by atoms with van der Waals surface area (Å²) >= 11 is 0. The van der Waals surface area contributed by atoms with Crippen LogP contribution in [0.5, 0.6) is 0 Å². The Hall–Kier alpha value is -2.85. The largest absolute Gasteiger partial charge is 0.338 e. The highest BCUT2D eigenvalue weighted by Gasteiger charge is 2.27. The number of urea groups is 2. The third-order valence-corrected chi connectivity index (χ3v) is 3.91. The average molecular weight is 443 g/mol. The number of carbonyl (C=O) groups excluding carboxylic acids is 5. The van der Waals surface area contributed by atoms with E-state index in [1.165, 1.54) is 0 Å². The summed E-state index contributed by atoms with van der Waals surface area (Å²) < 4.78 is 0. The molecule has 0 saturated carbocycles. The maximum atomic E-state index is 12.5. The van der Waals surface area contributed by atoms with E-state index in [9.17, 15) is 24.0 Å². The van der Waals surface area contributed by atoms with Crippen LogP contribution in [0.1, 0.15) is 62.3 Å². The van der Waals surface area contributed by atoms with Gasteiger partial charge in [0.15, 0.2) is 0 Å². The van der Waals surface area contributed by atoms with Crippen LogP contribution < -0.4 is 26.6 Å². The molecule has 0 aliphatic heterocycles. The highest BCUT2D eigenvalue weighted by Crippen LogP contribution is 2.13. The van der Waals surface area contributed by atoms with Crippen LogP contribution in [0.15, 0.2) is 0 Å². The Labute approximate surface area is 184 Å². The Morgan fingerprint density at radius 1 is 0.516 bits per heavy atom. The quantitative estimate of drug-likeness (QED) is 0.390. The van der Waals surface area contributed by atoms with E-state index in [2.05, 4.69) is 26.6 Å². The zero-order chi connectivity index (χ0) is 24.6. The van der Waals surface area contributed by atoms with E-state index in [1.54, 1.807) is 62.3 Å². The summed E-state index contributed by atoms with van der Waals surface area (Å²) in [7, 11) is 0. The van der Waals surface area contributed by atoms with Crippen molar-refractivity contribution in [3.63, 3.8) is 0 Å². The second-order valence-electron chi connectivity index (χ2n) is 10.2. The van der Waals surface area contributed by atoms with Crippen LogP contribution in [0, 0.1) is 16.2 Å². The van der Waals surface area contributed by atoms with Crippen molar-refractivity contribution in [2.45, 2.75) is 62.3 Å². The first-order valence-corrected chi connectivity index (χ1v) is 10.1. The molecule has 0 saturated heterocycles. The lowest BCUT2D eigenvalue weighted by Gasteiger charge is -2.25. The van der Waals surface area contributed by atoms with Gasteiger partial charge in [-0.1, -0.05) is 62.3 Å². The van der Waals surface area contributed by atoms with Crippen molar-refractivity contribution in [3.8, 4) is 0 Å². The van der Waals surface area contributed by atoms with Crippen molar-refractivity contribution >= 4 is 29.8 Å². The van der Waals surface area contributed by atoms with Crippen LogP contribution in [-0.4, -0.2) is 54.7 Å². The molecule has 0 heterocycles. The maximum Gasteiger partial charge on any atom is 0.328 e. The van der Waals surface area contributed by atoms with Gasteiger partial charge in [-0.15, -0.1) is 0 Å². The van der Waals surface area contributed by atoms with E-state index in [4.69, 9.17) is 0 Å². The number of rotatable bonds is 6. The first-order valence-electron chi connectivity index (χ1n) is 10.1. The summed E-state index contributed by atoms with van der Waals surface area (Å²) in [6.45, 7) is 14.6. The van der Waals surface area contributed by atoms with E-state index < -0.39 is 35.0 Å². The molecule has 0 unspecified atom stereocenters. The van der Waals surface area contributed by atoms with Crippen molar-refractivity contribution in [2.24, 2.45) is 16.2 Å². The Morgan fingerprint density at radius 2 is 0.806 bits per heavy atom. The van der Waals surface area contributed by atoms with Gasteiger partial charge >= 0.3 is 12.1 Å². The molecule has 0 aromatic rings. The van der Waals surface area contributed by atoms with Crippen LogP contribution in [0.2, 0.25) is 0 Å². The molecule has 0 radical (unpaired) electrons. The molecule has 0 rings (SSSR count). The number of nitrogens with zero attached hydrogens (tertiary/aromatic N) is 1. The number of imide groups is 1. The number of hydrogen-bond acceptors (Lipinski definition) is 5. The van der Waals surface area contributed by atoms with Gasteiger partial charge in [-0.2, -0.15) is 0 Å². The first-order chi connectivity index (χ1) is 13.9. The lowest BCUT2D eigenvalue weighted by Crippen LogP contribution is -2.56. The molecule has 7 amide bonds. The van der Waals surface area contributed by atoms with E-state index in [1.807, 2.05) is 0 Å². The van der Waals surface area contributed by atoms with Crippen molar-refractivity contribution in [1.82, 2.24) is 31.5 Å². The van der Waals surface area contributed by atoms with E-state index >= 15 is 0 Å². The minimum Gasteiger partial charge on any atom is -0.338 e. The molecule has 11 nitrogen and oxygen atoms in total. The van der Waals surface area contributed by atoms with Crippen molar-refractivity contribution < 1.29 is 24.0 Å². The van der Waals surface area contributed by atoms with E-state index in [0.29, 0.717) is 0 Å². The molecule has 178 valence electrons.